The minimum atomic E-state index is -3.33. The van der Waals surface area contributed by atoms with Crippen LogP contribution in [0.4, 0.5) is 0 Å². The molecule has 0 saturated carbocycles. The molecule has 3 amide bonds. The number of thiol groups is 1. The fourth-order valence-electron chi connectivity index (χ4n) is 4.02. The van der Waals surface area contributed by atoms with Crippen LogP contribution >= 0.6 is 12.6 Å². The molecule has 1 aliphatic rings. The highest BCUT2D eigenvalue weighted by molar-refractivity contribution is 7.90. The lowest BCUT2D eigenvalue weighted by molar-refractivity contribution is -0.134. The standard InChI is InChI=1S/C30H36N4O8S2/c1-20(15-33-28(37)19-43)32-16-27(36)34-17-26(35)31-13-3-4-14-41-23-9-5-22(6-10-23)29-25(18-42-30(29)38)21-7-11-24(12-8-21)44(2,39)40/h5-12,32,43H,1,3-4,13-19H2,2H3,(H,31,35)(H,33,37)(H,34,36). The molecule has 0 unspecified atom stereocenters. The number of nitrogens with one attached hydrogen (secondary N) is 4. The molecule has 236 valence electrons. The molecule has 0 spiro atoms. The second-order valence-corrected chi connectivity index (χ2v) is 12.2. The third kappa shape index (κ3) is 10.8. The first-order valence-corrected chi connectivity index (χ1v) is 16.3. The molecular weight excluding hydrogens is 608 g/mol. The number of amides is 3. The first-order valence-electron chi connectivity index (χ1n) is 13.7. The number of hydrogen-bond donors (Lipinski definition) is 5. The lowest BCUT2D eigenvalue weighted by Crippen LogP contribution is -2.41. The number of esters is 1. The Morgan fingerprint density at radius 3 is 2.14 bits per heavy atom. The molecule has 4 N–H and O–H groups in total. The fraction of sp³-hybridized carbons (Fsp3) is 0.333. The van der Waals surface area contributed by atoms with E-state index in [4.69, 9.17) is 9.47 Å². The zero-order chi connectivity index (χ0) is 32.1. The topological polar surface area (TPSA) is 169 Å². The van der Waals surface area contributed by atoms with Crippen molar-refractivity contribution in [3.63, 3.8) is 0 Å². The fourth-order valence-corrected chi connectivity index (χ4v) is 4.77. The van der Waals surface area contributed by atoms with Gasteiger partial charge in [0.1, 0.15) is 12.4 Å². The van der Waals surface area contributed by atoms with Gasteiger partial charge in [0.2, 0.25) is 17.7 Å². The maximum Gasteiger partial charge on any atom is 0.339 e. The summed E-state index contributed by atoms with van der Waals surface area (Å²) in [6, 6.07) is 13.4. The van der Waals surface area contributed by atoms with E-state index in [9.17, 15) is 27.6 Å². The van der Waals surface area contributed by atoms with Gasteiger partial charge in [0.05, 0.1) is 42.5 Å². The summed E-state index contributed by atoms with van der Waals surface area (Å²) in [6.07, 6.45) is 2.48. The van der Waals surface area contributed by atoms with E-state index in [2.05, 4.69) is 40.5 Å². The number of cyclic esters (lactones) is 1. The zero-order valence-electron chi connectivity index (χ0n) is 24.3. The average Bonchev–Trinajstić information content (AvgIpc) is 3.40. The van der Waals surface area contributed by atoms with Crippen LogP contribution in [0.25, 0.3) is 11.1 Å². The van der Waals surface area contributed by atoms with E-state index >= 15 is 0 Å². The third-order valence-corrected chi connectivity index (χ3v) is 7.79. The summed E-state index contributed by atoms with van der Waals surface area (Å²) >= 11 is 3.85. The second-order valence-electron chi connectivity index (χ2n) is 9.82. The lowest BCUT2D eigenvalue weighted by atomic mass is 9.97. The van der Waals surface area contributed by atoms with Gasteiger partial charge < -0.3 is 30.7 Å². The Morgan fingerprint density at radius 2 is 1.48 bits per heavy atom. The highest BCUT2D eigenvalue weighted by atomic mass is 32.2. The zero-order valence-corrected chi connectivity index (χ0v) is 26.0. The first-order chi connectivity index (χ1) is 21.0. The summed E-state index contributed by atoms with van der Waals surface area (Å²) in [6.45, 7) is 4.56. The average molecular weight is 645 g/mol. The number of rotatable bonds is 17. The van der Waals surface area contributed by atoms with Crippen LogP contribution < -0.4 is 26.0 Å². The first kappa shape index (κ1) is 34.2. The highest BCUT2D eigenvalue weighted by Crippen LogP contribution is 2.34. The molecular formula is C30H36N4O8S2. The third-order valence-electron chi connectivity index (χ3n) is 6.38. The van der Waals surface area contributed by atoms with Crippen molar-refractivity contribution >= 4 is 57.3 Å². The SMILES string of the molecule is C=C(CNC(=O)CS)NCC(=O)NCC(=O)NCCCCOc1ccc(C2=C(c3ccc(S(C)(=O)=O)cc3)COC2=O)cc1. The summed E-state index contributed by atoms with van der Waals surface area (Å²) < 4.78 is 34.6. The van der Waals surface area contributed by atoms with Gasteiger partial charge in [-0.25, -0.2) is 13.2 Å². The number of benzene rings is 2. The number of carbonyl (C=O) groups is 4. The Labute approximate surface area is 262 Å². The number of ether oxygens (including phenoxy) is 2. The molecule has 0 saturated heterocycles. The van der Waals surface area contributed by atoms with Crippen molar-refractivity contribution < 1.29 is 37.1 Å². The van der Waals surface area contributed by atoms with Gasteiger partial charge in [0, 0.05) is 24.1 Å². The number of unbranched alkanes of at least 4 members (excludes halogenated alkanes) is 1. The normalized spacial score (nSPS) is 12.7. The maximum absolute atomic E-state index is 12.5. The molecule has 2 aromatic rings. The van der Waals surface area contributed by atoms with Crippen molar-refractivity contribution in [3.05, 3.63) is 71.9 Å². The summed E-state index contributed by atoms with van der Waals surface area (Å²) in [5.41, 5.74) is 2.93. The molecule has 12 nitrogen and oxygen atoms in total. The van der Waals surface area contributed by atoms with Crippen LogP contribution in [0.3, 0.4) is 0 Å². The van der Waals surface area contributed by atoms with Crippen molar-refractivity contribution in [1.82, 2.24) is 21.3 Å². The molecule has 0 aliphatic carbocycles. The molecule has 0 bridgehead atoms. The van der Waals surface area contributed by atoms with Crippen molar-refractivity contribution in [3.8, 4) is 5.75 Å². The van der Waals surface area contributed by atoms with Gasteiger partial charge >= 0.3 is 5.97 Å². The van der Waals surface area contributed by atoms with E-state index in [1.807, 2.05) is 0 Å². The summed E-state index contributed by atoms with van der Waals surface area (Å²) in [5.74, 6) is -0.731. The van der Waals surface area contributed by atoms with E-state index in [0.29, 0.717) is 59.7 Å². The van der Waals surface area contributed by atoms with Gasteiger partial charge in [-0.1, -0.05) is 30.8 Å². The smallest absolute Gasteiger partial charge is 0.339 e. The van der Waals surface area contributed by atoms with Crippen LogP contribution in [-0.2, 0) is 33.8 Å². The highest BCUT2D eigenvalue weighted by Gasteiger charge is 2.27. The predicted octanol–water partition coefficient (Wildman–Crippen LogP) is 1.10. The van der Waals surface area contributed by atoms with Crippen LogP contribution in [0.2, 0.25) is 0 Å². The minimum absolute atomic E-state index is 0.0565. The van der Waals surface area contributed by atoms with Gasteiger partial charge in [0.15, 0.2) is 9.84 Å². The summed E-state index contributed by atoms with van der Waals surface area (Å²) in [7, 11) is -3.33. The van der Waals surface area contributed by atoms with Crippen molar-refractivity contribution in [2.45, 2.75) is 17.7 Å². The molecule has 44 heavy (non-hydrogen) atoms. The summed E-state index contributed by atoms with van der Waals surface area (Å²) in [4.78, 5) is 47.7. The summed E-state index contributed by atoms with van der Waals surface area (Å²) in [5, 5.41) is 10.6. The van der Waals surface area contributed by atoms with Crippen LogP contribution in [-0.4, -0.2) is 83.5 Å². The van der Waals surface area contributed by atoms with Gasteiger partial charge in [-0.2, -0.15) is 12.6 Å². The molecule has 14 heteroatoms. The Morgan fingerprint density at radius 1 is 0.864 bits per heavy atom. The van der Waals surface area contributed by atoms with Crippen LogP contribution in [0.5, 0.6) is 5.75 Å². The van der Waals surface area contributed by atoms with Crippen molar-refractivity contribution in [2.75, 3.05) is 51.4 Å². The Hall–Kier alpha value is -4.30. The van der Waals surface area contributed by atoms with Crippen LogP contribution in [0.1, 0.15) is 24.0 Å². The maximum atomic E-state index is 12.5. The van der Waals surface area contributed by atoms with Gasteiger partial charge in [-0.15, -0.1) is 0 Å². The monoisotopic (exact) mass is 644 g/mol. The predicted molar refractivity (Wildman–Crippen MR) is 169 cm³/mol. The van der Waals surface area contributed by atoms with E-state index in [1.54, 1.807) is 36.4 Å². The van der Waals surface area contributed by atoms with E-state index in [-0.39, 0.29) is 54.6 Å². The second kappa shape index (κ2) is 16.5. The number of carbonyl (C=O) groups excluding carboxylic acids is 4. The van der Waals surface area contributed by atoms with E-state index in [0.717, 1.165) is 6.26 Å². The number of hydrogen-bond acceptors (Lipinski definition) is 10. The lowest BCUT2D eigenvalue weighted by Gasteiger charge is -2.11. The Balaban J connectivity index is 1.35. The Kier molecular flexibility index (Phi) is 12.8. The molecule has 0 fully saturated rings. The molecule has 0 atom stereocenters. The van der Waals surface area contributed by atoms with E-state index in [1.165, 1.54) is 12.1 Å². The molecule has 1 heterocycles. The van der Waals surface area contributed by atoms with Crippen molar-refractivity contribution in [1.29, 1.82) is 0 Å². The molecule has 0 aromatic heterocycles. The van der Waals surface area contributed by atoms with Gasteiger partial charge in [-0.3, -0.25) is 14.4 Å². The van der Waals surface area contributed by atoms with E-state index < -0.39 is 15.8 Å². The molecule has 1 aliphatic heterocycles. The molecule has 3 rings (SSSR count). The quantitative estimate of drug-likeness (QED) is 0.0962. The van der Waals surface area contributed by atoms with Crippen LogP contribution in [0, 0.1) is 0 Å². The molecule has 2 aromatic carbocycles. The van der Waals surface area contributed by atoms with Crippen LogP contribution in [0.15, 0.2) is 65.7 Å². The number of sulfone groups is 1. The van der Waals surface area contributed by atoms with Crippen molar-refractivity contribution in [2.24, 2.45) is 0 Å². The minimum Gasteiger partial charge on any atom is -0.494 e. The van der Waals surface area contributed by atoms with Gasteiger partial charge in [-0.05, 0) is 48.2 Å². The Bertz CT molecular complexity index is 1500. The van der Waals surface area contributed by atoms with Gasteiger partial charge in [0.25, 0.3) is 0 Å². The largest absolute Gasteiger partial charge is 0.494 e. The molecule has 0 radical (unpaired) electrons.